The van der Waals surface area contributed by atoms with Crippen molar-refractivity contribution in [2.75, 3.05) is 6.54 Å². The van der Waals surface area contributed by atoms with Crippen molar-refractivity contribution in [3.63, 3.8) is 0 Å². The first-order chi connectivity index (χ1) is 20.3. The molecule has 0 bridgehead atoms. The second kappa shape index (κ2) is 9.82. The van der Waals surface area contributed by atoms with Crippen LogP contribution in [0.2, 0.25) is 5.02 Å². The highest BCUT2D eigenvalue weighted by Crippen LogP contribution is 2.73. The van der Waals surface area contributed by atoms with Crippen LogP contribution in [0.5, 0.6) is 0 Å². The molecular weight excluding hydrogens is 608 g/mol. The maximum absolute atomic E-state index is 17.6. The number of aliphatic hydroxyl groups excluding tert-OH is 1. The molecule has 0 radical (unpaired) electrons. The van der Waals surface area contributed by atoms with Gasteiger partial charge in [-0.25, -0.2) is 13.6 Å². The van der Waals surface area contributed by atoms with Crippen molar-refractivity contribution >= 4 is 40.4 Å². The Morgan fingerprint density at radius 3 is 2.63 bits per heavy atom. The van der Waals surface area contributed by atoms with E-state index < -0.39 is 74.8 Å². The van der Waals surface area contributed by atoms with Crippen LogP contribution in [0.4, 0.5) is 13.6 Å². The lowest BCUT2D eigenvalue weighted by Gasteiger charge is -2.63. The summed E-state index contributed by atoms with van der Waals surface area (Å²) in [5.41, 5.74) is -7.03. The first-order valence-electron chi connectivity index (χ1n) is 14.2. The Bertz CT molecular complexity index is 1460. The minimum absolute atomic E-state index is 0.0338. The second-order valence-corrected chi connectivity index (χ2v) is 14.2. The molecule has 10 atom stereocenters. The van der Waals surface area contributed by atoms with Gasteiger partial charge in [0.15, 0.2) is 17.1 Å². The third-order valence-electron chi connectivity index (χ3n) is 10.8. The Labute approximate surface area is 255 Å². The Balaban J connectivity index is 1.27. The summed E-state index contributed by atoms with van der Waals surface area (Å²) in [6.07, 6.45) is -0.608. The van der Waals surface area contributed by atoms with Crippen LogP contribution in [-0.4, -0.2) is 62.9 Å². The molecule has 2 aliphatic heterocycles. The van der Waals surface area contributed by atoms with Crippen LogP contribution in [0.3, 0.4) is 0 Å². The van der Waals surface area contributed by atoms with Crippen molar-refractivity contribution in [2.24, 2.45) is 28.6 Å². The highest BCUT2D eigenvalue weighted by atomic mass is 35.5. The quantitative estimate of drug-likeness (QED) is 0.357. The largest absolute Gasteiger partial charge is 0.543 e. The normalized spacial score (nSPS) is 45.0. The van der Waals surface area contributed by atoms with Crippen LogP contribution in [0, 0.1) is 28.6 Å². The topological polar surface area (TPSA) is 112 Å². The monoisotopic (exact) mass is 637 g/mol. The molecule has 1 N–H and O–H groups in total. The van der Waals surface area contributed by atoms with Crippen LogP contribution < -0.4 is 0 Å². The van der Waals surface area contributed by atoms with Gasteiger partial charge in [0.25, 0.3) is 0 Å². The summed E-state index contributed by atoms with van der Waals surface area (Å²) in [7, 11) is 0. The van der Waals surface area contributed by atoms with Crippen LogP contribution in [-0.2, 0) is 35.5 Å². The lowest BCUT2D eigenvalue weighted by atomic mass is 9.44. The van der Waals surface area contributed by atoms with Gasteiger partial charge >= 0.3 is 11.8 Å². The van der Waals surface area contributed by atoms with E-state index in [-0.39, 0.29) is 18.4 Å². The molecule has 7 rings (SSSR count). The number of cyclic esters (lactones) is 1. The summed E-state index contributed by atoms with van der Waals surface area (Å²) >= 11 is 6.63. The van der Waals surface area contributed by atoms with E-state index in [1.807, 2.05) is 12.1 Å². The third kappa shape index (κ3) is 3.99. The first kappa shape index (κ1) is 29.4. The fraction of sp³-hybridized carbons (Fsp3) is 0.567. The van der Waals surface area contributed by atoms with Gasteiger partial charge in [-0.05, 0) is 79.3 Å². The van der Waals surface area contributed by atoms with E-state index in [9.17, 15) is 19.5 Å². The van der Waals surface area contributed by atoms with E-state index in [0.717, 1.165) is 11.6 Å². The summed E-state index contributed by atoms with van der Waals surface area (Å²) < 4.78 is 38.4. The molecule has 230 valence electrons. The molecule has 1 unspecified atom stereocenters. The van der Waals surface area contributed by atoms with Gasteiger partial charge in [-0.3, -0.25) is 19.3 Å². The number of nitrogens with zero attached hydrogens (tertiary/aromatic N) is 1. The molecule has 0 spiro atoms. The molecule has 3 saturated carbocycles. The molecule has 0 aromatic heterocycles. The molecular formula is C30H30ClF2NO8S. The molecule has 13 heteroatoms. The number of halogens is 3. The number of thioether (sulfide) groups is 1. The first-order valence-corrected chi connectivity index (χ1v) is 15.5. The van der Waals surface area contributed by atoms with Crippen molar-refractivity contribution in [1.82, 2.24) is 5.06 Å². The minimum Gasteiger partial charge on any atom is -0.390 e. The van der Waals surface area contributed by atoms with Gasteiger partial charge in [0.05, 0.1) is 6.10 Å². The van der Waals surface area contributed by atoms with Crippen LogP contribution in [0.25, 0.3) is 0 Å². The van der Waals surface area contributed by atoms with Gasteiger partial charge in [-0.15, -0.1) is 4.89 Å². The van der Waals surface area contributed by atoms with Crippen molar-refractivity contribution in [3.8, 4) is 0 Å². The van der Waals surface area contributed by atoms with Gasteiger partial charge in [0.1, 0.15) is 6.17 Å². The summed E-state index contributed by atoms with van der Waals surface area (Å²) in [5.74, 6) is -2.42. The van der Waals surface area contributed by atoms with Gasteiger partial charge in [0.2, 0.25) is 5.12 Å². The molecule has 6 aliphatic rings. The molecule has 1 aromatic rings. The predicted octanol–water partition coefficient (Wildman–Crippen LogP) is 5.01. The fourth-order valence-corrected chi connectivity index (χ4v) is 10.1. The van der Waals surface area contributed by atoms with Crippen molar-refractivity contribution in [1.29, 1.82) is 0 Å². The molecule has 4 aliphatic carbocycles. The zero-order chi connectivity index (χ0) is 30.5. The van der Waals surface area contributed by atoms with E-state index >= 15 is 8.78 Å². The van der Waals surface area contributed by atoms with Crippen molar-refractivity contribution in [3.05, 3.63) is 58.7 Å². The van der Waals surface area contributed by atoms with Crippen LogP contribution in [0.15, 0.2) is 48.1 Å². The maximum atomic E-state index is 17.6. The molecule has 5 fully saturated rings. The van der Waals surface area contributed by atoms with Gasteiger partial charge in [-0.1, -0.05) is 36.7 Å². The Hall–Kier alpha value is -2.35. The van der Waals surface area contributed by atoms with E-state index in [1.165, 1.54) is 19.1 Å². The van der Waals surface area contributed by atoms with E-state index in [0.29, 0.717) is 36.3 Å². The summed E-state index contributed by atoms with van der Waals surface area (Å²) in [6.45, 7) is 3.96. The van der Waals surface area contributed by atoms with E-state index in [4.69, 9.17) is 26.1 Å². The maximum Gasteiger partial charge on any atom is 0.543 e. The minimum atomic E-state index is -2.29. The summed E-state index contributed by atoms with van der Waals surface area (Å²) in [6, 6.07) is 7.18. The number of carbonyl (C=O) groups excluding carboxylic acids is 3. The molecule has 2 saturated heterocycles. The van der Waals surface area contributed by atoms with Crippen LogP contribution >= 0.6 is 23.4 Å². The zero-order valence-corrected chi connectivity index (χ0v) is 24.9. The number of allylic oxidation sites excluding steroid dienone is 4. The van der Waals surface area contributed by atoms with Crippen molar-refractivity contribution < 1.29 is 47.6 Å². The number of ether oxygens (including phenoxy) is 1. The number of carbonyl (C=O) groups is 3. The number of rotatable bonds is 4. The number of aliphatic hydroxyl groups is 1. The van der Waals surface area contributed by atoms with Gasteiger partial charge in [-0.2, -0.15) is 5.06 Å². The standard InChI is InChI=1S/C30H30ClF2NO8S/c1-27-8-7-18(35)10-21(27)22(32)11-20-19-9-16-14-34(13-15-3-5-17(31)6-4-15)42-30(16,24(37)43-26-39-25(38)40-41-26)28(19,2)12-23(36)29(20,27)33/h3-8,10,16,19-20,22-23,26,36H,9,11-14H2,1-2H3/t16-,19-,20-,22-,23-,26?,27-,28-,29-,30-/m0/s1. The number of hydroxylamine groups is 2. The predicted molar refractivity (Wildman–Crippen MR) is 148 cm³/mol. The molecule has 43 heavy (non-hydrogen) atoms. The summed E-state index contributed by atoms with van der Waals surface area (Å²) in [4.78, 5) is 53.8. The van der Waals surface area contributed by atoms with Gasteiger partial charge < -0.3 is 9.84 Å². The number of alkyl halides is 2. The number of benzene rings is 1. The number of hydrogen-bond acceptors (Lipinski definition) is 10. The highest BCUT2D eigenvalue weighted by molar-refractivity contribution is 8.14. The number of fused-ring (bicyclic) bond motifs is 7. The second-order valence-electron chi connectivity index (χ2n) is 12.8. The Morgan fingerprint density at radius 2 is 1.93 bits per heavy atom. The van der Waals surface area contributed by atoms with E-state index in [1.54, 1.807) is 24.1 Å². The Morgan fingerprint density at radius 1 is 1.19 bits per heavy atom. The number of hydrogen-bond donors (Lipinski definition) is 1. The van der Waals surface area contributed by atoms with Crippen molar-refractivity contribution in [2.45, 2.75) is 68.8 Å². The fourth-order valence-electron chi connectivity index (χ4n) is 8.96. The lowest BCUT2D eigenvalue weighted by Crippen LogP contribution is -2.70. The molecule has 9 nitrogen and oxygen atoms in total. The highest BCUT2D eigenvalue weighted by Gasteiger charge is 2.80. The smallest absolute Gasteiger partial charge is 0.390 e. The Kier molecular flexibility index (Phi) is 6.71. The molecule has 2 heterocycles. The average molecular weight is 638 g/mol. The van der Waals surface area contributed by atoms with Crippen LogP contribution in [0.1, 0.15) is 38.7 Å². The zero-order valence-electron chi connectivity index (χ0n) is 23.3. The molecule has 0 amide bonds. The SMILES string of the molecule is C[C@]12C=CC(=O)C=C1[C@@H](F)C[C@H]1[C@@H]3C[C@H]4CN(Cc5ccc(Cl)cc5)O[C@@]4(C(=O)SC4OOC(=O)O4)[C@@]3(C)C[C@H](O)[C@@]12F. The number of ketones is 1. The van der Waals surface area contributed by atoms with E-state index in [2.05, 4.69) is 4.89 Å². The molecule has 1 aromatic carbocycles. The average Bonchev–Trinajstić information content (AvgIpc) is 3.60. The summed E-state index contributed by atoms with van der Waals surface area (Å²) in [5, 5.41) is 13.5. The van der Waals surface area contributed by atoms with Gasteiger partial charge in [0, 0.05) is 40.8 Å². The third-order valence-corrected chi connectivity index (χ3v) is 12.0. The lowest BCUT2D eigenvalue weighted by molar-refractivity contribution is -0.266.